The van der Waals surface area contributed by atoms with Gasteiger partial charge in [0.15, 0.2) is 11.5 Å². The van der Waals surface area contributed by atoms with Crippen molar-refractivity contribution in [3.05, 3.63) is 51.2 Å². The van der Waals surface area contributed by atoms with E-state index in [4.69, 9.17) is 21.1 Å². The largest absolute Gasteiger partial charge is 0.493 e. The Bertz CT molecular complexity index is 661. The number of rotatable bonds is 4. The van der Waals surface area contributed by atoms with Gasteiger partial charge in [-0.25, -0.2) is 4.98 Å². The topological polar surface area (TPSA) is 74.5 Å². The quantitative estimate of drug-likeness (QED) is 0.487. The SMILES string of the molecule is COc1cc(C)ccc1Oc1cc([N+](=O)[O-])cc(Cl)n1. The molecule has 0 aliphatic heterocycles. The number of nitro groups is 1. The Hall–Kier alpha value is -2.34. The molecule has 20 heavy (non-hydrogen) atoms. The van der Waals surface area contributed by atoms with Gasteiger partial charge < -0.3 is 9.47 Å². The van der Waals surface area contributed by atoms with Crippen molar-refractivity contribution in [3.8, 4) is 17.4 Å². The third kappa shape index (κ3) is 3.16. The van der Waals surface area contributed by atoms with Crippen LogP contribution in [-0.4, -0.2) is 17.0 Å². The van der Waals surface area contributed by atoms with Crippen LogP contribution in [-0.2, 0) is 0 Å². The van der Waals surface area contributed by atoms with Crippen molar-refractivity contribution in [3.63, 3.8) is 0 Å². The van der Waals surface area contributed by atoms with Gasteiger partial charge in [0.1, 0.15) is 5.15 Å². The van der Waals surface area contributed by atoms with Crippen molar-refractivity contribution in [2.75, 3.05) is 7.11 Å². The van der Waals surface area contributed by atoms with Crippen LogP contribution in [0.25, 0.3) is 0 Å². The molecule has 0 bridgehead atoms. The summed E-state index contributed by atoms with van der Waals surface area (Å²) in [5.41, 5.74) is 0.810. The van der Waals surface area contributed by atoms with E-state index in [1.165, 1.54) is 13.2 Å². The van der Waals surface area contributed by atoms with Crippen LogP contribution < -0.4 is 9.47 Å². The lowest BCUT2D eigenvalue weighted by atomic mass is 10.2. The predicted octanol–water partition coefficient (Wildman–Crippen LogP) is 3.75. The zero-order chi connectivity index (χ0) is 14.7. The molecule has 1 aromatic heterocycles. The first-order valence-electron chi connectivity index (χ1n) is 5.64. The normalized spacial score (nSPS) is 10.2. The first-order valence-corrected chi connectivity index (χ1v) is 6.02. The van der Waals surface area contributed by atoms with Crippen molar-refractivity contribution in [2.24, 2.45) is 0 Å². The van der Waals surface area contributed by atoms with Crippen LogP contribution in [0.3, 0.4) is 0 Å². The van der Waals surface area contributed by atoms with Gasteiger partial charge in [0.2, 0.25) is 5.88 Å². The highest BCUT2D eigenvalue weighted by atomic mass is 35.5. The number of hydrogen-bond donors (Lipinski definition) is 0. The summed E-state index contributed by atoms with van der Waals surface area (Å²) in [6.45, 7) is 1.91. The number of nitrogens with zero attached hydrogens (tertiary/aromatic N) is 2. The Kier molecular flexibility index (Phi) is 4.05. The van der Waals surface area contributed by atoms with Crippen molar-refractivity contribution in [1.82, 2.24) is 4.98 Å². The van der Waals surface area contributed by atoms with Gasteiger partial charge in [0.25, 0.3) is 5.69 Å². The van der Waals surface area contributed by atoms with Gasteiger partial charge in [-0.05, 0) is 24.6 Å². The Morgan fingerprint density at radius 1 is 1.25 bits per heavy atom. The molecule has 6 nitrogen and oxygen atoms in total. The third-order valence-electron chi connectivity index (χ3n) is 2.50. The van der Waals surface area contributed by atoms with Crippen LogP contribution >= 0.6 is 11.6 Å². The van der Waals surface area contributed by atoms with Crippen LogP contribution in [0.1, 0.15) is 5.56 Å². The van der Waals surface area contributed by atoms with Crippen molar-refractivity contribution < 1.29 is 14.4 Å². The molecule has 0 saturated carbocycles. The second-order valence-corrected chi connectivity index (χ2v) is 4.39. The maximum atomic E-state index is 10.8. The number of ether oxygens (including phenoxy) is 2. The minimum absolute atomic E-state index is 0.0136. The predicted molar refractivity (Wildman–Crippen MR) is 73.7 cm³/mol. The molecule has 0 N–H and O–H groups in total. The Morgan fingerprint density at radius 3 is 2.65 bits per heavy atom. The highest BCUT2D eigenvalue weighted by Crippen LogP contribution is 2.33. The maximum Gasteiger partial charge on any atom is 0.277 e. The summed E-state index contributed by atoms with van der Waals surface area (Å²) >= 11 is 5.73. The number of benzene rings is 1. The number of aromatic nitrogens is 1. The molecular formula is C13H11ClN2O4. The summed E-state index contributed by atoms with van der Waals surface area (Å²) in [6.07, 6.45) is 0. The van der Waals surface area contributed by atoms with Crippen LogP contribution in [0.4, 0.5) is 5.69 Å². The third-order valence-corrected chi connectivity index (χ3v) is 2.69. The number of methoxy groups -OCH3 is 1. The molecule has 104 valence electrons. The average molecular weight is 295 g/mol. The van der Waals surface area contributed by atoms with Crippen LogP contribution in [0.5, 0.6) is 17.4 Å². The lowest BCUT2D eigenvalue weighted by Gasteiger charge is -2.10. The minimum atomic E-state index is -0.563. The molecule has 0 atom stereocenters. The first-order chi connectivity index (χ1) is 9.49. The molecule has 7 heteroatoms. The van der Waals surface area contributed by atoms with Crippen LogP contribution in [0.15, 0.2) is 30.3 Å². The molecule has 0 saturated heterocycles. The fourth-order valence-electron chi connectivity index (χ4n) is 1.59. The van der Waals surface area contributed by atoms with Gasteiger partial charge >= 0.3 is 0 Å². The van der Waals surface area contributed by atoms with Gasteiger partial charge in [-0.15, -0.1) is 0 Å². The molecule has 0 aliphatic rings. The second kappa shape index (κ2) is 5.75. The molecule has 0 amide bonds. The summed E-state index contributed by atoms with van der Waals surface area (Å²) in [7, 11) is 1.51. The highest BCUT2D eigenvalue weighted by Gasteiger charge is 2.13. The number of halogens is 1. The van der Waals surface area contributed by atoms with E-state index in [0.717, 1.165) is 11.6 Å². The fourth-order valence-corrected chi connectivity index (χ4v) is 1.78. The molecule has 1 aromatic carbocycles. The van der Waals surface area contributed by atoms with Crippen molar-refractivity contribution >= 4 is 17.3 Å². The standard InChI is InChI=1S/C13H11ClN2O4/c1-8-3-4-10(11(5-8)19-2)20-13-7-9(16(17)18)6-12(14)15-13/h3-7H,1-2H3. The Morgan fingerprint density at radius 2 is 2.00 bits per heavy atom. The van der Waals surface area contributed by atoms with E-state index in [1.807, 2.05) is 13.0 Å². The lowest BCUT2D eigenvalue weighted by molar-refractivity contribution is -0.385. The first kappa shape index (κ1) is 14.1. The molecule has 0 unspecified atom stereocenters. The summed E-state index contributed by atoms with van der Waals surface area (Å²) in [4.78, 5) is 14.1. The lowest BCUT2D eigenvalue weighted by Crippen LogP contribution is -1.95. The van der Waals surface area contributed by atoms with E-state index in [2.05, 4.69) is 4.98 Å². The number of hydrogen-bond acceptors (Lipinski definition) is 5. The van der Waals surface area contributed by atoms with Gasteiger partial charge in [-0.2, -0.15) is 0 Å². The maximum absolute atomic E-state index is 10.8. The molecule has 0 radical (unpaired) electrons. The Balaban J connectivity index is 2.37. The van der Waals surface area contributed by atoms with E-state index >= 15 is 0 Å². The van der Waals surface area contributed by atoms with E-state index in [0.29, 0.717) is 11.5 Å². The van der Waals surface area contributed by atoms with Gasteiger partial charge in [-0.3, -0.25) is 10.1 Å². The summed E-state index contributed by atoms with van der Waals surface area (Å²) in [5.74, 6) is 0.947. The van der Waals surface area contributed by atoms with Crippen molar-refractivity contribution in [1.29, 1.82) is 0 Å². The minimum Gasteiger partial charge on any atom is -0.493 e. The Labute approximate surface area is 120 Å². The van der Waals surface area contributed by atoms with Gasteiger partial charge in [-0.1, -0.05) is 17.7 Å². The van der Waals surface area contributed by atoms with E-state index in [9.17, 15) is 10.1 Å². The fraction of sp³-hybridized carbons (Fsp3) is 0.154. The monoisotopic (exact) mass is 294 g/mol. The molecule has 2 rings (SSSR count). The van der Waals surface area contributed by atoms with Gasteiger partial charge in [0.05, 0.1) is 24.2 Å². The summed E-state index contributed by atoms with van der Waals surface area (Å²) in [6, 6.07) is 7.67. The highest BCUT2D eigenvalue weighted by molar-refractivity contribution is 6.29. The number of aryl methyl sites for hydroxylation is 1. The molecule has 1 heterocycles. The average Bonchev–Trinajstić information content (AvgIpc) is 2.40. The molecular weight excluding hydrogens is 284 g/mol. The zero-order valence-electron chi connectivity index (χ0n) is 10.8. The molecule has 0 aliphatic carbocycles. The van der Waals surface area contributed by atoms with Crippen LogP contribution in [0, 0.1) is 17.0 Å². The van der Waals surface area contributed by atoms with Crippen molar-refractivity contribution in [2.45, 2.75) is 6.92 Å². The number of pyridine rings is 1. The molecule has 0 fully saturated rings. The zero-order valence-corrected chi connectivity index (χ0v) is 11.5. The smallest absolute Gasteiger partial charge is 0.277 e. The summed E-state index contributed by atoms with van der Waals surface area (Å²) < 4.78 is 10.7. The van der Waals surface area contributed by atoms with Crippen LogP contribution in [0.2, 0.25) is 5.15 Å². The van der Waals surface area contributed by atoms with E-state index < -0.39 is 4.92 Å². The van der Waals surface area contributed by atoms with E-state index in [-0.39, 0.29) is 16.7 Å². The second-order valence-electron chi connectivity index (χ2n) is 4.00. The molecule has 0 spiro atoms. The van der Waals surface area contributed by atoms with Gasteiger partial charge in [0, 0.05) is 0 Å². The molecule has 2 aromatic rings. The summed E-state index contributed by atoms with van der Waals surface area (Å²) in [5, 5.41) is 10.8. The van der Waals surface area contributed by atoms with E-state index in [1.54, 1.807) is 12.1 Å².